The molecule has 1 aliphatic heterocycles. The number of ether oxygens (including phenoxy) is 1. The number of rotatable bonds is 4. The van der Waals surface area contributed by atoms with E-state index in [1.807, 2.05) is 24.3 Å². The first-order valence-electron chi connectivity index (χ1n) is 7.87. The van der Waals surface area contributed by atoms with E-state index >= 15 is 0 Å². The average Bonchev–Trinajstić information content (AvgIpc) is 2.92. The number of piperidine rings is 1. The number of benzene rings is 1. The molecule has 0 aromatic heterocycles. The molecule has 1 aromatic carbocycles. The molecule has 3 rings (SSSR count). The quantitative estimate of drug-likeness (QED) is 0.802. The molecule has 2 nitrogen and oxygen atoms in total. The molecule has 2 fully saturated rings. The standard InChI is InChI=1S/C17H24BrNO/c18-15-3-5-16(6-4-15)20-14-13-19-11-9-17(10-12-19)7-1-2-8-17/h3-6H,1-2,7-14H2. The van der Waals surface area contributed by atoms with Crippen molar-refractivity contribution < 1.29 is 4.74 Å². The van der Waals surface area contributed by atoms with Crippen LogP contribution in [-0.4, -0.2) is 31.1 Å². The SMILES string of the molecule is Brc1ccc(OCCN2CCC3(CCCC3)CC2)cc1. The normalized spacial score (nSPS) is 22.2. The lowest BCUT2D eigenvalue weighted by atomic mass is 9.77. The van der Waals surface area contributed by atoms with Crippen molar-refractivity contribution >= 4 is 15.9 Å². The topological polar surface area (TPSA) is 12.5 Å². The van der Waals surface area contributed by atoms with Gasteiger partial charge in [-0.25, -0.2) is 0 Å². The summed E-state index contributed by atoms with van der Waals surface area (Å²) >= 11 is 3.44. The van der Waals surface area contributed by atoms with E-state index in [4.69, 9.17) is 4.74 Å². The number of hydrogen-bond donors (Lipinski definition) is 0. The molecule has 110 valence electrons. The Hall–Kier alpha value is -0.540. The summed E-state index contributed by atoms with van der Waals surface area (Å²) in [5, 5.41) is 0. The summed E-state index contributed by atoms with van der Waals surface area (Å²) in [6, 6.07) is 8.10. The number of likely N-dealkylation sites (tertiary alicyclic amines) is 1. The third-order valence-corrected chi connectivity index (χ3v) is 5.60. The summed E-state index contributed by atoms with van der Waals surface area (Å²) in [5.74, 6) is 0.970. The third kappa shape index (κ3) is 3.56. The van der Waals surface area contributed by atoms with Gasteiger partial charge in [0.2, 0.25) is 0 Å². The Bertz CT molecular complexity index is 415. The molecule has 1 spiro atoms. The van der Waals surface area contributed by atoms with Gasteiger partial charge in [-0.15, -0.1) is 0 Å². The molecule has 1 aliphatic carbocycles. The second kappa shape index (κ2) is 6.48. The summed E-state index contributed by atoms with van der Waals surface area (Å²) in [7, 11) is 0. The Morgan fingerprint density at radius 2 is 1.65 bits per heavy atom. The molecule has 3 heteroatoms. The highest BCUT2D eigenvalue weighted by Gasteiger charge is 2.36. The first-order valence-corrected chi connectivity index (χ1v) is 8.66. The summed E-state index contributed by atoms with van der Waals surface area (Å²) in [6.45, 7) is 4.40. The van der Waals surface area contributed by atoms with Gasteiger partial charge in [-0.2, -0.15) is 0 Å². The van der Waals surface area contributed by atoms with Gasteiger partial charge in [0.05, 0.1) is 0 Å². The molecule has 0 N–H and O–H groups in total. The van der Waals surface area contributed by atoms with Crippen molar-refractivity contribution in [1.82, 2.24) is 4.90 Å². The van der Waals surface area contributed by atoms with Crippen molar-refractivity contribution in [2.45, 2.75) is 38.5 Å². The summed E-state index contributed by atoms with van der Waals surface area (Å²) in [6.07, 6.45) is 8.71. The van der Waals surface area contributed by atoms with Gasteiger partial charge in [0.15, 0.2) is 0 Å². The Morgan fingerprint density at radius 1 is 1.00 bits per heavy atom. The highest BCUT2D eigenvalue weighted by Crippen LogP contribution is 2.45. The second-order valence-electron chi connectivity index (χ2n) is 6.35. The van der Waals surface area contributed by atoms with Gasteiger partial charge in [0.1, 0.15) is 12.4 Å². The predicted molar refractivity (Wildman–Crippen MR) is 86.2 cm³/mol. The maximum atomic E-state index is 5.82. The molecular formula is C17H24BrNO. The maximum absolute atomic E-state index is 5.82. The predicted octanol–water partition coefficient (Wildman–Crippen LogP) is 4.48. The van der Waals surface area contributed by atoms with Crippen molar-refractivity contribution in [2.24, 2.45) is 5.41 Å². The molecule has 1 saturated carbocycles. The van der Waals surface area contributed by atoms with Gasteiger partial charge in [0, 0.05) is 11.0 Å². The van der Waals surface area contributed by atoms with Crippen LogP contribution in [0.4, 0.5) is 0 Å². The number of hydrogen-bond acceptors (Lipinski definition) is 2. The molecule has 1 saturated heterocycles. The van der Waals surface area contributed by atoms with Crippen LogP contribution >= 0.6 is 15.9 Å². The lowest BCUT2D eigenvalue weighted by Crippen LogP contribution is -2.40. The van der Waals surface area contributed by atoms with E-state index < -0.39 is 0 Å². The Balaban J connectivity index is 1.38. The lowest BCUT2D eigenvalue weighted by Gasteiger charge is -2.39. The van der Waals surface area contributed by atoms with Gasteiger partial charge in [-0.3, -0.25) is 4.90 Å². The van der Waals surface area contributed by atoms with Gasteiger partial charge in [-0.1, -0.05) is 28.8 Å². The zero-order valence-corrected chi connectivity index (χ0v) is 13.7. The summed E-state index contributed by atoms with van der Waals surface area (Å²) < 4.78 is 6.92. The molecule has 20 heavy (non-hydrogen) atoms. The minimum Gasteiger partial charge on any atom is -0.492 e. The molecule has 0 radical (unpaired) electrons. The second-order valence-corrected chi connectivity index (χ2v) is 7.27. The van der Waals surface area contributed by atoms with Crippen LogP contribution in [0.1, 0.15) is 38.5 Å². The number of nitrogens with zero attached hydrogens (tertiary/aromatic N) is 1. The van der Waals surface area contributed by atoms with E-state index in [0.29, 0.717) is 0 Å². The van der Waals surface area contributed by atoms with Crippen LogP contribution in [0.25, 0.3) is 0 Å². The van der Waals surface area contributed by atoms with Crippen molar-refractivity contribution in [1.29, 1.82) is 0 Å². The van der Waals surface area contributed by atoms with Crippen LogP contribution in [0.5, 0.6) is 5.75 Å². The van der Waals surface area contributed by atoms with Gasteiger partial charge >= 0.3 is 0 Å². The molecule has 2 aliphatic rings. The van der Waals surface area contributed by atoms with Gasteiger partial charge in [-0.05, 0) is 68.5 Å². The summed E-state index contributed by atoms with van der Waals surface area (Å²) in [4.78, 5) is 2.57. The molecular weight excluding hydrogens is 314 g/mol. The van der Waals surface area contributed by atoms with E-state index in [0.717, 1.165) is 28.8 Å². The highest BCUT2D eigenvalue weighted by atomic mass is 79.9. The fraction of sp³-hybridized carbons (Fsp3) is 0.647. The summed E-state index contributed by atoms with van der Waals surface area (Å²) in [5.41, 5.74) is 0.725. The fourth-order valence-electron chi connectivity index (χ4n) is 3.70. The molecule has 0 atom stereocenters. The van der Waals surface area contributed by atoms with Crippen molar-refractivity contribution in [3.05, 3.63) is 28.7 Å². The first kappa shape index (κ1) is 14.4. The largest absolute Gasteiger partial charge is 0.492 e. The van der Waals surface area contributed by atoms with Crippen molar-refractivity contribution in [3.63, 3.8) is 0 Å². The van der Waals surface area contributed by atoms with E-state index in [-0.39, 0.29) is 0 Å². The van der Waals surface area contributed by atoms with Crippen LogP contribution in [-0.2, 0) is 0 Å². The highest BCUT2D eigenvalue weighted by molar-refractivity contribution is 9.10. The monoisotopic (exact) mass is 337 g/mol. The smallest absolute Gasteiger partial charge is 0.119 e. The maximum Gasteiger partial charge on any atom is 0.119 e. The first-order chi connectivity index (χ1) is 9.76. The van der Waals surface area contributed by atoms with Gasteiger partial charge in [0.25, 0.3) is 0 Å². The van der Waals surface area contributed by atoms with Crippen molar-refractivity contribution in [2.75, 3.05) is 26.2 Å². The minimum atomic E-state index is 0.725. The molecule has 0 unspecified atom stereocenters. The zero-order valence-electron chi connectivity index (χ0n) is 12.1. The van der Waals surface area contributed by atoms with E-state index in [9.17, 15) is 0 Å². The Kier molecular flexibility index (Phi) is 4.67. The van der Waals surface area contributed by atoms with Gasteiger partial charge < -0.3 is 4.74 Å². The van der Waals surface area contributed by atoms with Crippen molar-refractivity contribution in [3.8, 4) is 5.75 Å². The average molecular weight is 338 g/mol. The van der Waals surface area contributed by atoms with Crippen LogP contribution in [0.2, 0.25) is 0 Å². The molecule has 1 heterocycles. The molecule has 0 amide bonds. The molecule has 0 bridgehead atoms. The third-order valence-electron chi connectivity index (χ3n) is 5.07. The van der Waals surface area contributed by atoms with Crippen LogP contribution in [0, 0.1) is 5.41 Å². The van der Waals surface area contributed by atoms with Crippen LogP contribution in [0.3, 0.4) is 0 Å². The fourth-order valence-corrected chi connectivity index (χ4v) is 3.96. The molecule has 1 aromatic rings. The zero-order chi connectivity index (χ0) is 13.8. The Morgan fingerprint density at radius 3 is 2.30 bits per heavy atom. The van der Waals surface area contributed by atoms with E-state index in [1.165, 1.54) is 51.6 Å². The van der Waals surface area contributed by atoms with Crippen LogP contribution in [0.15, 0.2) is 28.7 Å². The van der Waals surface area contributed by atoms with E-state index in [2.05, 4.69) is 20.8 Å². The van der Waals surface area contributed by atoms with E-state index in [1.54, 1.807) is 0 Å². The minimum absolute atomic E-state index is 0.725. The van der Waals surface area contributed by atoms with Crippen LogP contribution < -0.4 is 4.74 Å². The number of halogens is 1. The Labute approximate surface area is 130 Å². The lowest BCUT2D eigenvalue weighted by molar-refractivity contribution is 0.0961.